The maximum atomic E-state index is 13.6. The van der Waals surface area contributed by atoms with Crippen LogP contribution >= 0.6 is 11.8 Å². The topological polar surface area (TPSA) is 92.5 Å². The van der Waals surface area contributed by atoms with Crippen LogP contribution in [0, 0.1) is 5.82 Å². The molecule has 3 heterocycles. The van der Waals surface area contributed by atoms with E-state index in [-0.39, 0.29) is 17.5 Å². The molecule has 3 aromatic carbocycles. The Morgan fingerprint density at radius 2 is 1.61 bits per heavy atom. The molecule has 0 saturated carbocycles. The Morgan fingerprint density at radius 1 is 0.926 bits per heavy atom. The second-order valence-electron chi connectivity index (χ2n) is 13.4. The molecule has 15 heteroatoms. The number of carbonyl (C=O) groups excluding carboxylic acids is 1. The summed E-state index contributed by atoms with van der Waals surface area (Å²) in [6.07, 6.45) is -3.08. The van der Waals surface area contributed by atoms with Gasteiger partial charge in [0.05, 0.1) is 18.7 Å². The lowest BCUT2D eigenvalue weighted by Gasteiger charge is -2.35. The molecule has 4 aromatic rings. The lowest BCUT2D eigenvalue weighted by molar-refractivity contribution is -0.137. The molecule has 1 fully saturated rings. The summed E-state index contributed by atoms with van der Waals surface area (Å²) in [6.45, 7) is 6.06. The number of benzene rings is 3. The van der Waals surface area contributed by atoms with Crippen molar-refractivity contribution in [3.8, 4) is 11.1 Å². The lowest BCUT2D eigenvalue weighted by Crippen LogP contribution is -2.50. The van der Waals surface area contributed by atoms with E-state index in [0.717, 1.165) is 47.4 Å². The van der Waals surface area contributed by atoms with E-state index >= 15 is 0 Å². The highest BCUT2D eigenvalue weighted by Gasteiger charge is 2.34. The van der Waals surface area contributed by atoms with Crippen LogP contribution in [0.5, 0.6) is 0 Å². The number of fused-ring (bicyclic) bond motifs is 1. The van der Waals surface area contributed by atoms with Crippen LogP contribution in [0.3, 0.4) is 0 Å². The van der Waals surface area contributed by atoms with Gasteiger partial charge in [0.2, 0.25) is 6.23 Å². The molecule has 1 unspecified atom stereocenters. The van der Waals surface area contributed by atoms with E-state index in [9.17, 15) is 27.2 Å². The Bertz CT molecular complexity index is 2030. The van der Waals surface area contributed by atoms with E-state index < -0.39 is 18.0 Å². The normalized spacial score (nSPS) is 17.4. The molecule has 7 rings (SSSR count). The third kappa shape index (κ3) is 8.41. The van der Waals surface area contributed by atoms with Crippen LogP contribution < -0.4 is 5.56 Å². The largest absolute Gasteiger partial charge is 0.450 e. The van der Waals surface area contributed by atoms with Gasteiger partial charge in [-0.25, -0.2) is 9.18 Å². The van der Waals surface area contributed by atoms with Gasteiger partial charge in [-0.3, -0.25) is 9.69 Å². The van der Waals surface area contributed by atoms with Gasteiger partial charge >= 0.3 is 12.3 Å². The van der Waals surface area contributed by atoms with Gasteiger partial charge in [0.1, 0.15) is 5.82 Å². The fraction of sp³-hybridized carbons (Fsp3) is 0.385. The van der Waals surface area contributed by atoms with Crippen LogP contribution in [-0.2, 0) is 40.9 Å². The molecular weight excluding hydrogens is 725 g/mol. The predicted octanol–water partition coefficient (Wildman–Crippen LogP) is 6.97. The van der Waals surface area contributed by atoms with E-state index in [1.54, 1.807) is 24.0 Å². The molecule has 0 bridgehead atoms. The Balaban J connectivity index is 1.13. The highest BCUT2D eigenvalue weighted by molar-refractivity contribution is 7.98. The van der Waals surface area contributed by atoms with E-state index in [2.05, 4.69) is 24.5 Å². The van der Waals surface area contributed by atoms with Crippen LogP contribution in [0.1, 0.15) is 47.5 Å². The second kappa shape index (κ2) is 16.2. The number of amides is 1. The van der Waals surface area contributed by atoms with Gasteiger partial charge in [0.25, 0.3) is 5.56 Å². The molecule has 284 valence electrons. The SMILES string of the molecule is CCOC(=O)N1CCN(CCN2C(Cn3c(SCc4ccc(F)cc4)nc(=O)c4c3CCC4)=NOC2c2ccc(-c3ccc(C(F)(F)F)cc3)cc2)CC1. The number of amidine groups is 1. The third-order valence-corrected chi connectivity index (χ3v) is 11.0. The van der Waals surface area contributed by atoms with Crippen molar-refractivity contribution in [3.63, 3.8) is 0 Å². The summed E-state index contributed by atoms with van der Waals surface area (Å²) >= 11 is 1.41. The minimum absolute atomic E-state index is 0.227. The molecule has 1 atom stereocenters. The number of aromatic nitrogens is 2. The standard InChI is InChI=1S/C39H40F4N6O4S/c1-2-52-38(51)47-21-18-46(19-22-47)20-23-48-34(45-53-36(48)29-10-8-27(9-11-29)28-12-14-30(15-13-28)39(41,42)43)24-49-33-5-3-4-32(33)35(50)44-37(49)54-25-26-6-16-31(40)17-7-26/h6-17,36H,2-5,18-25H2,1H3. The zero-order chi connectivity index (χ0) is 37.8. The van der Waals surface area contributed by atoms with Crippen molar-refractivity contribution in [2.24, 2.45) is 5.16 Å². The van der Waals surface area contributed by atoms with Crippen molar-refractivity contribution in [2.45, 2.75) is 56.0 Å². The van der Waals surface area contributed by atoms with Crippen molar-refractivity contribution in [2.75, 3.05) is 45.9 Å². The Kier molecular flexibility index (Phi) is 11.2. The molecule has 1 amide bonds. The van der Waals surface area contributed by atoms with Gasteiger partial charge < -0.3 is 23.9 Å². The predicted molar refractivity (Wildman–Crippen MR) is 196 cm³/mol. The summed E-state index contributed by atoms with van der Waals surface area (Å²) in [5.74, 6) is 0.824. The summed E-state index contributed by atoms with van der Waals surface area (Å²) in [4.78, 5) is 42.1. The maximum absolute atomic E-state index is 13.6. The molecule has 0 radical (unpaired) electrons. The lowest BCUT2D eigenvalue weighted by atomic mass is 10.0. The Hall–Kier alpha value is -4.89. The van der Waals surface area contributed by atoms with E-state index in [0.29, 0.717) is 86.7 Å². The fourth-order valence-electron chi connectivity index (χ4n) is 7.00. The van der Waals surface area contributed by atoms with Crippen LogP contribution in [0.15, 0.2) is 87.9 Å². The minimum Gasteiger partial charge on any atom is -0.450 e. The number of ether oxygens (including phenoxy) is 1. The zero-order valence-corrected chi connectivity index (χ0v) is 30.5. The van der Waals surface area contributed by atoms with Crippen molar-refractivity contribution < 1.29 is 31.9 Å². The molecule has 2 aliphatic heterocycles. The second-order valence-corrected chi connectivity index (χ2v) is 14.3. The molecule has 1 aromatic heterocycles. The summed E-state index contributed by atoms with van der Waals surface area (Å²) in [5, 5.41) is 5.14. The molecule has 0 spiro atoms. The third-order valence-electron chi connectivity index (χ3n) is 9.95. The average molecular weight is 765 g/mol. The number of nitrogens with zero attached hydrogens (tertiary/aromatic N) is 6. The van der Waals surface area contributed by atoms with Crippen molar-refractivity contribution in [3.05, 3.63) is 117 Å². The summed E-state index contributed by atoms with van der Waals surface area (Å²) in [6, 6.07) is 18.8. The summed E-state index contributed by atoms with van der Waals surface area (Å²) in [5.41, 5.74) is 3.83. The molecule has 0 N–H and O–H groups in total. The van der Waals surface area contributed by atoms with Gasteiger partial charge in [-0.2, -0.15) is 18.2 Å². The first-order valence-electron chi connectivity index (χ1n) is 18.0. The molecular formula is C39H40F4N6O4S. The number of hydrogen-bond donors (Lipinski definition) is 0. The van der Waals surface area contributed by atoms with Gasteiger partial charge in [-0.05, 0) is 67.1 Å². The van der Waals surface area contributed by atoms with Crippen molar-refractivity contribution in [1.82, 2.24) is 24.3 Å². The minimum atomic E-state index is -4.41. The quantitative estimate of drug-likeness (QED) is 0.0920. The fourth-order valence-corrected chi connectivity index (χ4v) is 7.97. The van der Waals surface area contributed by atoms with Crippen LogP contribution in [0.25, 0.3) is 11.1 Å². The highest BCUT2D eigenvalue weighted by atomic mass is 32.2. The number of rotatable bonds is 11. The van der Waals surface area contributed by atoms with Crippen LogP contribution in [0.4, 0.5) is 22.4 Å². The number of thioether (sulfide) groups is 1. The number of oxime groups is 1. The van der Waals surface area contributed by atoms with Gasteiger partial charge in [0, 0.05) is 61.8 Å². The number of hydrogen-bond acceptors (Lipinski definition) is 9. The monoisotopic (exact) mass is 764 g/mol. The first-order valence-corrected chi connectivity index (χ1v) is 19.0. The molecule has 3 aliphatic rings. The molecule has 10 nitrogen and oxygen atoms in total. The van der Waals surface area contributed by atoms with Gasteiger partial charge in [-0.15, -0.1) is 0 Å². The van der Waals surface area contributed by atoms with E-state index in [4.69, 9.17) is 9.57 Å². The van der Waals surface area contributed by atoms with Gasteiger partial charge in [-0.1, -0.05) is 65.4 Å². The summed E-state index contributed by atoms with van der Waals surface area (Å²) in [7, 11) is 0. The smallest absolute Gasteiger partial charge is 0.416 e. The average Bonchev–Trinajstić information content (AvgIpc) is 3.83. The number of alkyl halides is 3. The molecule has 1 saturated heterocycles. The molecule has 1 aliphatic carbocycles. The number of halogens is 4. The first-order chi connectivity index (χ1) is 26.1. The van der Waals surface area contributed by atoms with E-state index in [1.165, 1.54) is 36.0 Å². The Morgan fingerprint density at radius 3 is 2.28 bits per heavy atom. The zero-order valence-electron chi connectivity index (χ0n) is 29.7. The Labute approximate surface area is 314 Å². The highest BCUT2D eigenvalue weighted by Crippen LogP contribution is 2.34. The van der Waals surface area contributed by atoms with E-state index in [1.807, 2.05) is 24.3 Å². The van der Waals surface area contributed by atoms with Crippen LogP contribution in [0.2, 0.25) is 0 Å². The number of piperazine rings is 1. The van der Waals surface area contributed by atoms with Crippen molar-refractivity contribution >= 4 is 23.7 Å². The van der Waals surface area contributed by atoms with Crippen molar-refractivity contribution in [1.29, 1.82) is 0 Å². The summed E-state index contributed by atoms with van der Waals surface area (Å²) < 4.78 is 60.3. The maximum Gasteiger partial charge on any atom is 0.416 e. The van der Waals surface area contributed by atoms with Crippen LogP contribution in [-0.4, -0.2) is 82.1 Å². The molecule has 54 heavy (non-hydrogen) atoms. The van der Waals surface area contributed by atoms with Gasteiger partial charge in [0.15, 0.2) is 11.0 Å². The first kappa shape index (κ1) is 37.4. The number of carbonyl (C=O) groups is 1.